The molecular weight excluding hydrogens is 550 g/mol. The fraction of sp³-hybridized carbons (Fsp3) is 0.448. The highest BCUT2D eigenvalue weighted by molar-refractivity contribution is 7.21. The van der Waals surface area contributed by atoms with Crippen molar-refractivity contribution < 1.29 is 23.7 Å². The Kier molecular flexibility index (Phi) is 7.47. The molecule has 2 saturated carbocycles. The van der Waals surface area contributed by atoms with Crippen LogP contribution >= 0.6 is 11.3 Å². The number of aryl methyl sites for hydroxylation is 2. The number of hydrogen-bond donors (Lipinski definition) is 4. The summed E-state index contributed by atoms with van der Waals surface area (Å²) in [7, 11) is 0. The molecule has 1 aromatic carbocycles. The number of aliphatic hydroxyl groups excluding tert-OH is 2. The van der Waals surface area contributed by atoms with Gasteiger partial charge in [-0.25, -0.2) is 18.7 Å². The molecule has 4 N–H and O–H groups in total. The minimum absolute atomic E-state index is 0.167. The molecule has 216 valence electrons. The van der Waals surface area contributed by atoms with Gasteiger partial charge >= 0.3 is 0 Å². The van der Waals surface area contributed by atoms with Crippen LogP contribution in [0, 0.1) is 37.3 Å². The highest BCUT2D eigenvalue weighted by Crippen LogP contribution is 2.39. The van der Waals surface area contributed by atoms with Gasteiger partial charge in [0.25, 0.3) is 0 Å². The molecule has 9 nitrogen and oxygen atoms in total. The Hall–Kier alpha value is -3.48. The number of para-hydroxylation sites is 1. The molecule has 2 aliphatic rings. The monoisotopic (exact) mass is 582 g/mol. The van der Waals surface area contributed by atoms with Crippen LogP contribution in [0.5, 0.6) is 5.75 Å². The van der Waals surface area contributed by atoms with E-state index in [1.54, 1.807) is 6.20 Å². The third kappa shape index (κ3) is 5.55. The molecule has 0 aliphatic heterocycles. The lowest BCUT2D eigenvalue weighted by Crippen LogP contribution is -2.36. The van der Waals surface area contributed by atoms with Gasteiger partial charge in [-0.3, -0.25) is 4.98 Å². The topological polar surface area (TPSA) is 125 Å². The first-order valence-corrected chi connectivity index (χ1v) is 14.6. The van der Waals surface area contributed by atoms with Crippen molar-refractivity contribution in [1.82, 2.24) is 19.9 Å². The zero-order valence-electron chi connectivity index (χ0n) is 22.9. The van der Waals surface area contributed by atoms with Crippen molar-refractivity contribution in [3.8, 4) is 16.3 Å². The quantitative estimate of drug-likeness (QED) is 0.219. The number of aliphatic hydroxyl groups is 2. The van der Waals surface area contributed by atoms with E-state index >= 15 is 0 Å². The van der Waals surface area contributed by atoms with Crippen LogP contribution in [0.2, 0.25) is 0 Å². The number of rotatable bonds is 9. The van der Waals surface area contributed by atoms with Gasteiger partial charge in [-0.1, -0.05) is 6.07 Å². The van der Waals surface area contributed by atoms with Crippen molar-refractivity contribution in [1.29, 1.82) is 0 Å². The Bertz CT molecular complexity index is 1560. The Morgan fingerprint density at radius 1 is 1.05 bits per heavy atom. The molecule has 4 aromatic rings. The maximum absolute atomic E-state index is 14.1. The standard InChI is InChI=1S/C29H32F2N6O3S/c1-13(16-7-8-16)33-29-34-14(2)22(28-36-23-15(3)32-10-9-21(23)41-28)27(37-29)35-20-11-17(24(38)25(20)39)12-40-26-18(30)5-4-6-19(26)31/h4-6,9-10,13,16-17,20,24-25,38-39H,7-8,11-12H2,1-3H3,(H2,33,34,35,37)/t13-,17-,20-,24-,25+/m1/s1. The Balaban J connectivity index is 1.29. The minimum Gasteiger partial charge on any atom is -0.487 e. The number of benzene rings is 1. The Labute approximate surface area is 240 Å². The summed E-state index contributed by atoms with van der Waals surface area (Å²) in [5.74, 6) is -1.19. The minimum atomic E-state index is -1.17. The maximum Gasteiger partial charge on any atom is 0.225 e. The van der Waals surface area contributed by atoms with Crippen LogP contribution in [0.1, 0.15) is 37.6 Å². The van der Waals surface area contributed by atoms with Gasteiger partial charge in [0.15, 0.2) is 17.4 Å². The molecule has 0 spiro atoms. The van der Waals surface area contributed by atoms with Gasteiger partial charge in [-0.05, 0) is 64.2 Å². The second-order valence-electron chi connectivity index (χ2n) is 11.0. The number of fused-ring (bicyclic) bond motifs is 1. The third-order valence-electron chi connectivity index (χ3n) is 7.96. The van der Waals surface area contributed by atoms with E-state index in [0.717, 1.165) is 28.0 Å². The van der Waals surface area contributed by atoms with Gasteiger partial charge in [-0.2, -0.15) is 4.98 Å². The van der Waals surface area contributed by atoms with Crippen molar-refractivity contribution in [2.45, 2.75) is 64.3 Å². The number of hydrogen-bond acceptors (Lipinski definition) is 10. The van der Waals surface area contributed by atoms with Gasteiger partial charge in [0.1, 0.15) is 22.4 Å². The van der Waals surface area contributed by atoms with E-state index in [4.69, 9.17) is 19.7 Å². The summed E-state index contributed by atoms with van der Waals surface area (Å²) in [5, 5.41) is 29.2. The Morgan fingerprint density at radius 2 is 1.80 bits per heavy atom. The SMILES string of the molecule is Cc1nc(N[C@H](C)C2CC2)nc(N[C@@H]2C[C@H](COc3c(F)cccc3F)[C@@H](O)[C@H]2O)c1-c1nc2c(C)nccc2s1. The van der Waals surface area contributed by atoms with Crippen LogP contribution in [-0.2, 0) is 0 Å². The number of aromatic nitrogens is 4. The number of nitrogens with zero attached hydrogens (tertiary/aromatic N) is 4. The fourth-order valence-electron chi connectivity index (χ4n) is 5.42. The zero-order chi connectivity index (χ0) is 28.8. The molecule has 2 fully saturated rings. The predicted octanol–water partition coefficient (Wildman–Crippen LogP) is 4.85. The number of pyridine rings is 1. The van der Waals surface area contributed by atoms with Gasteiger partial charge in [0.05, 0.1) is 40.4 Å². The smallest absolute Gasteiger partial charge is 0.225 e. The maximum atomic E-state index is 14.1. The number of ether oxygens (including phenoxy) is 1. The van der Waals surface area contributed by atoms with Crippen LogP contribution < -0.4 is 15.4 Å². The molecule has 0 radical (unpaired) electrons. The molecule has 12 heteroatoms. The van der Waals surface area contributed by atoms with Crippen LogP contribution in [0.15, 0.2) is 30.5 Å². The molecule has 3 aromatic heterocycles. The van der Waals surface area contributed by atoms with Crippen LogP contribution in [-0.4, -0.2) is 61.0 Å². The molecule has 6 rings (SSSR count). The molecule has 0 amide bonds. The van der Waals surface area contributed by atoms with Crippen molar-refractivity contribution in [2.75, 3.05) is 17.2 Å². The summed E-state index contributed by atoms with van der Waals surface area (Å²) >= 11 is 1.50. The van der Waals surface area contributed by atoms with Gasteiger partial charge in [-0.15, -0.1) is 11.3 Å². The third-order valence-corrected chi connectivity index (χ3v) is 9.00. The molecule has 41 heavy (non-hydrogen) atoms. The normalized spacial score (nSPS) is 23.1. The second kappa shape index (κ2) is 11.1. The fourth-order valence-corrected chi connectivity index (χ4v) is 6.53. The molecule has 3 heterocycles. The average molecular weight is 583 g/mol. The summed E-state index contributed by atoms with van der Waals surface area (Å²) in [4.78, 5) is 18.8. The van der Waals surface area contributed by atoms with E-state index in [1.165, 1.54) is 30.2 Å². The lowest BCUT2D eigenvalue weighted by molar-refractivity contribution is 0.00650. The summed E-state index contributed by atoms with van der Waals surface area (Å²) in [6, 6.07) is 4.99. The van der Waals surface area contributed by atoms with Crippen molar-refractivity contribution in [3.05, 3.63) is 53.5 Å². The zero-order valence-corrected chi connectivity index (χ0v) is 23.8. The number of thiazole rings is 1. The van der Waals surface area contributed by atoms with Crippen molar-refractivity contribution in [2.24, 2.45) is 11.8 Å². The number of nitrogens with one attached hydrogen (secondary N) is 2. The van der Waals surface area contributed by atoms with E-state index in [-0.39, 0.29) is 19.1 Å². The van der Waals surface area contributed by atoms with E-state index in [9.17, 15) is 19.0 Å². The van der Waals surface area contributed by atoms with Crippen LogP contribution in [0.4, 0.5) is 20.5 Å². The van der Waals surface area contributed by atoms with E-state index < -0.39 is 41.6 Å². The lowest BCUT2D eigenvalue weighted by Gasteiger charge is -2.22. The second-order valence-corrected chi connectivity index (χ2v) is 12.0. The van der Waals surface area contributed by atoms with Crippen molar-refractivity contribution in [3.63, 3.8) is 0 Å². The first-order valence-electron chi connectivity index (χ1n) is 13.8. The Morgan fingerprint density at radius 3 is 2.51 bits per heavy atom. The summed E-state index contributed by atoms with van der Waals surface area (Å²) in [6.07, 6.45) is 2.03. The highest BCUT2D eigenvalue weighted by atomic mass is 32.1. The lowest BCUT2D eigenvalue weighted by atomic mass is 10.1. The van der Waals surface area contributed by atoms with Crippen LogP contribution in [0.3, 0.4) is 0 Å². The van der Waals surface area contributed by atoms with Gasteiger partial charge in [0.2, 0.25) is 5.95 Å². The molecule has 0 bridgehead atoms. The molecule has 5 atom stereocenters. The summed E-state index contributed by atoms with van der Waals surface area (Å²) in [5.41, 5.74) is 3.03. The van der Waals surface area contributed by atoms with Crippen molar-refractivity contribution >= 4 is 33.3 Å². The van der Waals surface area contributed by atoms with Gasteiger partial charge < -0.3 is 25.6 Å². The first-order chi connectivity index (χ1) is 19.7. The van der Waals surface area contributed by atoms with Gasteiger partial charge in [0, 0.05) is 18.2 Å². The predicted molar refractivity (Wildman–Crippen MR) is 153 cm³/mol. The molecule has 2 aliphatic carbocycles. The largest absolute Gasteiger partial charge is 0.487 e. The first kappa shape index (κ1) is 27.7. The molecule has 0 saturated heterocycles. The highest BCUT2D eigenvalue weighted by Gasteiger charge is 2.42. The average Bonchev–Trinajstić information content (AvgIpc) is 3.64. The summed E-state index contributed by atoms with van der Waals surface area (Å²) < 4.78 is 34.5. The van der Waals surface area contributed by atoms with E-state index in [2.05, 4.69) is 22.5 Å². The summed E-state index contributed by atoms with van der Waals surface area (Å²) in [6.45, 7) is 5.75. The number of halogens is 2. The number of anilines is 2. The van der Waals surface area contributed by atoms with Crippen LogP contribution in [0.25, 0.3) is 20.8 Å². The molecule has 0 unspecified atom stereocenters. The van der Waals surface area contributed by atoms with E-state index in [1.807, 2.05) is 19.9 Å². The van der Waals surface area contributed by atoms with E-state index in [0.29, 0.717) is 33.9 Å². The molecular formula is C29H32F2N6O3S.